The van der Waals surface area contributed by atoms with Gasteiger partial charge in [-0.25, -0.2) is 4.79 Å². The van der Waals surface area contributed by atoms with E-state index in [0.717, 1.165) is 22.9 Å². The molecule has 0 aliphatic carbocycles. The van der Waals surface area contributed by atoms with Crippen molar-refractivity contribution in [1.29, 1.82) is 0 Å². The van der Waals surface area contributed by atoms with Gasteiger partial charge < -0.3 is 9.47 Å². The van der Waals surface area contributed by atoms with Crippen LogP contribution in [0.25, 0.3) is 0 Å². The molecular weight excluding hydrogens is 296 g/mol. The van der Waals surface area contributed by atoms with Gasteiger partial charge in [0.25, 0.3) is 0 Å². The second kappa shape index (κ2) is 7.95. The van der Waals surface area contributed by atoms with Gasteiger partial charge in [0.05, 0.1) is 13.2 Å². The highest BCUT2D eigenvalue weighted by Crippen LogP contribution is 2.35. The van der Waals surface area contributed by atoms with Gasteiger partial charge in [-0.2, -0.15) is 0 Å². The summed E-state index contributed by atoms with van der Waals surface area (Å²) in [5.74, 6) is -0.292. The minimum atomic E-state index is -0.509. The summed E-state index contributed by atoms with van der Waals surface area (Å²) in [7, 11) is 1.40. The van der Waals surface area contributed by atoms with Crippen molar-refractivity contribution in [3.63, 3.8) is 0 Å². The van der Waals surface area contributed by atoms with E-state index in [2.05, 4.69) is 22.9 Å². The molecule has 1 aliphatic heterocycles. The van der Waals surface area contributed by atoms with Gasteiger partial charge in [-0.05, 0) is 25.3 Å². The van der Waals surface area contributed by atoms with Crippen molar-refractivity contribution in [2.75, 3.05) is 7.11 Å². The fraction of sp³-hybridized carbons (Fsp3) is 0.786. The van der Waals surface area contributed by atoms with E-state index in [1.807, 2.05) is 6.92 Å². The van der Waals surface area contributed by atoms with Crippen molar-refractivity contribution < 1.29 is 14.3 Å². The predicted octanol–water partition coefficient (Wildman–Crippen LogP) is 3.96. The van der Waals surface area contributed by atoms with E-state index in [4.69, 9.17) is 9.47 Å². The molecule has 1 rings (SSSR count). The second-order valence-electron chi connectivity index (χ2n) is 4.72. The SMILES string of the molecule is CCCCCCCC1=C(Br)[C@@H](C)O[C@@H]1C(=O)OC. The van der Waals surface area contributed by atoms with Crippen LogP contribution in [0.15, 0.2) is 10.1 Å². The fourth-order valence-electron chi connectivity index (χ4n) is 2.21. The summed E-state index contributed by atoms with van der Waals surface area (Å²) in [6.07, 6.45) is 6.47. The van der Waals surface area contributed by atoms with Crippen molar-refractivity contribution in [3.8, 4) is 0 Å². The van der Waals surface area contributed by atoms with Crippen LogP contribution in [-0.2, 0) is 14.3 Å². The topological polar surface area (TPSA) is 35.5 Å². The zero-order valence-corrected chi connectivity index (χ0v) is 13.1. The number of halogens is 1. The Morgan fingerprint density at radius 1 is 1.33 bits per heavy atom. The van der Waals surface area contributed by atoms with Crippen molar-refractivity contribution >= 4 is 21.9 Å². The monoisotopic (exact) mass is 318 g/mol. The average Bonchev–Trinajstić information content (AvgIpc) is 2.65. The molecule has 0 radical (unpaired) electrons. The maximum atomic E-state index is 11.6. The minimum Gasteiger partial charge on any atom is -0.467 e. The van der Waals surface area contributed by atoms with Gasteiger partial charge in [-0.15, -0.1) is 0 Å². The fourth-order valence-corrected chi connectivity index (χ4v) is 2.72. The molecule has 0 N–H and O–H groups in total. The lowest BCUT2D eigenvalue weighted by Gasteiger charge is -2.12. The second-order valence-corrected chi connectivity index (χ2v) is 5.57. The maximum Gasteiger partial charge on any atom is 0.339 e. The third kappa shape index (κ3) is 4.09. The standard InChI is InChI=1S/C14H23BrO3/c1-4-5-6-7-8-9-11-12(15)10(2)18-13(11)14(16)17-3/h10,13H,4-9H2,1-3H3/t10-,13+/m1/s1. The van der Waals surface area contributed by atoms with Crippen LogP contribution >= 0.6 is 15.9 Å². The number of carbonyl (C=O) groups excluding carboxylic acids is 1. The number of hydrogen-bond donors (Lipinski definition) is 0. The van der Waals surface area contributed by atoms with Gasteiger partial charge in [0.2, 0.25) is 0 Å². The first-order chi connectivity index (χ1) is 8.61. The molecule has 0 unspecified atom stereocenters. The Hall–Kier alpha value is -0.350. The lowest BCUT2D eigenvalue weighted by molar-refractivity contribution is -0.151. The van der Waals surface area contributed by atoms with Crippen LogP contribution in [0.5, 0.6) is 0 Å². The van der Waals surface area contributed by atoms with Crippen LogP contribution in [0.3, 0.4) is 0 Å². The molecular formula is C14H23BrO3. The Labute approximate surface area is 118 Å². The van der Waals surface area contributed by atoms with Gasteiger partial charge >= 0.3 is 5.97 Å². The number of carbonyl (C=O) groups is 1. The molecule has 1 aliphatic rings. The van der Waals surface area contributed by atoms with Crippen LogP contribution in [-0.4, -0.2) is 25.3 Å². The molecule has 3 nitrogen and oxygen atoms in total. The van der Waals surface area contributed by atoms with Crippen LogP contribution in [0.4, 0.5) is 0 Å². The highest BCUT2D eigenvalue weighted by molar-refractivity contribution is 9.11. The number of rotatable bonds is 7. The van der Waals surface area contributed by atoms with Gasteiger partial charge in [0, 0.05) is 4.48 Å². The molecule has 0 spiro atoms. The van der Waals surface area contributed by atoms with Gasteiger partial charge in [0.1, 0.15) is 0 Å². The molecule has 0 amide bonds. The maximum absolute atomic E-state index is 11.6. The van der Waals surface area contributed by atoms with E-state index in [9.17, 15) is 4.79 Å². The molecule has 0 fully saturated rings. The third-order valence-corrected chi connectivity index (χ3v) is 4.44. The van der Waals surface area contributed by atoms with Gasteiger partial charge in [-0.3, -0.25) is 0 Å². The summed E-state index contributed by atoms with van der Waals surface area (Å²) in [4.78, 5) is 11.6. The van der Waals surface area contributed by atoms with Gasteiger partial charge in [0.15, 0.2) is 6.10 Å². The molecule has 1 heterocycles. The van der Waals surface area contributed by atoms with Gasteiger partial charge in [-0.1, -0.05) is 48.5 Å². The molecule has 0 aromatic rings. The minimum absolute atomic E-state index is 0.0419. The predicted molar refractivity (Wildman–Crippen MR) is 75.7 cm³/mol. The Kier molecular flexibility index (Phi) is 6.94. The summed E-state index contributed by atoms with van der Waals surface area (Å²) >= 11 is 3.54. The lowest BCUT2D eigenvalue weighted by atomic mass is 10.0. The molecule has 104 valence electrons. The Balaban J connectivity index is 2.50. The zero-order valence-electron chi connectivity index (χ0n) is 11.5. The quantitative estimate of drug-likeness (QED) is 0.526. The van der Waals surface area contributed by atoms with Crippen molar-refractivity contribution in [3.05, 3.63) is 10.1 Å². The Morgan fingerprint density at radius 3 is 2.61 bits per heavy atom. The number of esters is 1. The van der Waals surface area contributed by atoms with Crippen LogP contribution in [0.1, 0.15) is 52.4 Å². The third-order valence-electron chi connectivity index (χ3n) is 3.29. The zero-order chi connectivity index (χ0) is 13.5. The van der Waals surface area contributed by atoms with Crippen LogP contribution in [0.2, 0.25) is 0 Å². The highest BCUT2D eigenvalue weighted by atomic mass is 79.9. The molecule has 0 aromatic carbocycles. The Bertz CT molecular complexity index is 312. The summed E-state index contributed by atoms with van der Waals surface area (Å²) in [6.45, 7) is 4.16. The van der Waals surface area contributed by atoms with Crippen molar-refractivity contribution in [1.82, 2.24) is 0 Å². The van der Waals surface area contributed by atoms with Crippen LogP contribution < -0.4 is 0 Å². The van der Waals surface area contributed by atoms with E-state index in [0.29, 0.717) is 0 Å². The number of methoxy groups -OCH3 is 1. The molecule has 0 saturated heterocycles. The first kappa shape index (κ1) is 15.7. The van der Waals surface area contributed by atoms with Crippen LogP contribution in [0, 0.1) is 0 Å². The molecule has 0 bridgehead atoms. The molecule has 0 saturated carbocycles. The van der Waals surface area contributed by atoms with E-state index < -0.39 is 6.10 Å². The number of ether oxygens (including phenoxy) is 2. The largest absolute Gasteiger partial charge is 0.467 e. The smallest absolute Gasteiger partial charge is 0.339 e. The number of hydrogen-bond acceptors (Lipinski definition) is 3. The van der Waals surface area contributed by atoms with E-state index in [1.165, 1.54) is 32.8 Å². The summed E-state index contributed by atoms with van der Waals surface area (Å²) in [5, 5.41) is 0. The molecule has 2 atom stereocenters. The molecule has 4 heteroatoms. The van der Waals surface area contributed by atoms with Crippen molar-refractivity contribution in [2.24, 2.45) is 0 Å². The average molecular weight is 319 g/mol. The first-order valence-electron chi connectivity index (χ1n) is 6.73. The van der Waals surface area contributed by atoms with Crippen molar-refractivity contribution in [2.45, 2.75) is 64.6 Å². The summed E-state index contributed by atoms with van der Waals surface area (Å²) in [5.41, 5.74) is 1.06. The van der Waals surface area contributed by atoms with E-state index >= 15 is 0 Å². The lowest BCUT2D eigenvalue weighted by Crippen LogP contribution is -2.25. The summed E-state index contributed by atoms with van der Waals surface area (Å²) in [6, 6.07) is 0. The highest BCUT2D eigenvalue weighted by Gasteiger charge is 2.35. The number of unbranched alkanes of at least 4 members (excludes halogenated alkanes) is 4. The van der Waals surface area contributed by atoms with E-state index in [-0.39, 0.29) is 12.1 Å². The molecule has 18 heavy (non-hydrogen) atoms. The Morgan fingerprint density at radius 2 is 2.00 bits per heavy atom. The summed E-state index contributed by atoms with van der Waals surface area (Å²) < 4.78 is 11.4. The normalized spacial score (nSPS) is 23.6. The molecule has 0 aromatic heterocycles. The van der Waals surface area contributed by atoms with E-state index in [1.54, 1.807) is 0 Å². The first-order valence-corrected chi connectivity index (χ1v) is 7.52.